The van der Waals surface area contributed by atoms with Crippen LogP contribution in [0.5, 0.6) is 0 Å². The lowest BCUT2D eigenvalue weighted by molar-refractivity contribution is 0.0594. The lowest BCUT2D eigenvalue weighted by atomic mass is 10.3. The van der Waals surface area contributed by atoms with Crippen LogP contribution in [-0.2, 0) is 11.8 Å². The van der Waals surface area contributed by atoms with Crippen LogP contribution in [0.3, 0.4) is 0 Å². The molecule has 0 fully saturated rings. The summed E-state index contributed by atoms with van der Waals surface area (Å²) >= 11 is 0. The standard InChI is InChI=1S/C11H13N5O2/c1-16-6-5-9(15-16)14-10-7(12)3-4-8(13-10)11(17)18-2/h3-6H,12H2,1-2H3,(H,13,14,15). The first-order chi connectivity index (χ1) is 8.60. The zero-order valence-electron chi connectivity index (χ0n) is 10.0. The first kappa shape index (κ1) is 11.9. The number of aromatic nitrogens is 3. The molecule has 0 radical (unpaired) electrons. The van der Waals surface area contributed by atoms with Crippen molar-refractivity contribution in [2.45, 2.75) is 0 Å². The minimum Gasteiger partial charge on any atom is -0.464 e. The molecule has 7 nitrogen and oxygen atoms in total. The topological polar surface area (TPSA) is 95.1 Å². The van der Waals surface area contributed by atoms with Gasteiger partial charge in [-0.15, -0.1) is 0 Å². The summed E-state index contributed by atoms with van der Waals surface area (Å²) in [4.78, 5) is 15.4. The van der Waals surface area contributed by atoms with Gasteiger partial charge in [0.15, 0.2) is 17.3 Å². The van der Waals surface area contributed by atoms with Gasteiger partial charge >= 0.3 is 5.97 Å². The number of rotatable bonds is 3. The molecule has 0 saturated heterocycles. The molecule has 0 aliphatic heterocycles. The lowest BCUT2D eigenvalue weighted by Gasteiger charge is -2.07. The monoisotopic (exact) mass is 247 g/mol. The SMILES string of the molecule is COC(=O)c1ccc(N)c(Nc2ccn(C)n2)n1. The maximum Gasteiger partial charge on any atom is 0.356 e. The number of nitrogen functional groups attached to an aromatic ring is 1. The summed E-state index contributed by atoms with van der Waals surface area (Å²) in [5.74, 6) is 0.453. The summed E-state index contributed by atoms with van der Waals surface area (Å²) in [7, 11) is 3.10. The number of methoxy groups -OCH3 is 1. The molecule has 0 aromatic carbocycles. The van der Waals surface area contributed by atoms with Crippen molar-refractivity contribution in [1.82, 2.24) is 14.8 Å². The lowest BCUT2D eigenvalue weighted by Crippen LogP contribution is -2.08. The quantitative estimate of drug-likeness (QED) is 0.783. The Morgan fingerprint density at radius 1 is 1.44 bits per heavy atom. The predicted octanol–water partition coefficient (Wildman–Crippen LogP) is 0.927. The minimum atomic E-state index is -0.515. The fourth-order valence-electron chi connectivity index (χ4n) is 1.39. The largest absolute Gasteiger partial charge is 0.464 e. The van der Waals surface area contributed by atoms with E-state index in [-0.39, 0.29) is 5.69 Å². The van der Waals surface area contributed by atoms with Gasteiger partial charge in [-0.2, -0.15) is 5.10 Å². The van der Waals surface area contributed by atoms with Crippen LogP contribution >= 0.6 is 0 Å². The second-order valence-corrected chi connectivity index (χ2v) is 3.63. The third-order valence-corrected chi connectivity index (χ3v) is 2.28. The maximum absolute atomic E-state index is 11.4. The average Bonchev–Trinajstić information content (AvgIpc) is 2.76. The van der Waals surface area contributed by atoms with Gasteiger partial charge < -0.3 is 15.8 Å². The second kappa shape index (κ2) is 4.74. The molecule has 2 rings (SSSR count). The minimum absolute atomic E-state index is 0.185. The Bertz CT molecular complexity index is 579. The van der Waals surface area contributed by atoms with Gasteiger partial charge in [0, 0.05) is 19.3 Å². The van der Waals surface area contributed by atoms with Crippen LogP contribution in [0.1, 0.15) is 10.5 Å². The van der Waals surface area contributed by atoms with Crippen LogP contribution in [0.2, 0.25) is 0 Å². The molecule has 7 heteroatoms. The van der Waals surface area contributed by atoms with Crippen molar-refractivity contribution < 1.29 is 9.53 Å². The van der Waals surface area contributed by atoms with Crippen molar-refractivity contribution in [3.05, 3.63) is 30.1 Å². The molecule has 2 aromatic heterocycles. The molecule has 0 amide bonds. The van der Waals surface area contributed by atoms with E-state index in [1.54, 1.807) is 30.1 Å². The summed E-state index contributed by atoms with van der Waals surface area (Å²) < 4.78 is 6.24. The number of anilines is 3. The smallest absolute Gasteiger partial charge is 0.356 e. The Labute approximate surface area is 104 Å². The summed E-state index contributed by atoms with van der Waals surface area (Å²) in [6, 6.07) is 4.86. The molecule has 0 spiro atoms. The molecule has 94 valence electrons. The third-order valence-electron chi connectivity index (χ3n) is 2.28. The summed E-state index contributed by atoms with van der Waals surface area (Å²) in [6.07, 6.45) is 1.78. The number of aryl methyl sites for hydroxylation is 1. The van der Waals surface area contributed by atoms with E-state index >= 15 is 0 Å². The first-order valence-electron chi connectivity index (χ1n) is 5.21. The number of carbonyl (C=O) groups is 1. The number of hydrogen-bond acceptors (Lipinski definition) is 6. The molecule has 3 N–H and O–H groups in total. The Balaban J connectivity index is 2.29. The molecule has 18 heavy (non-hydrogen) atoms. The van der Waals surface area contributed by atoms with E-state index in [4.69, 9.17) is 5.73 Å². The number of nitrogens with two attached hydrogens (primary N) is 1. The van der Waals surface area contributed by atoms with Crippen LogP contribution in [0.4, 0.5) is 17.3 Å². The Hall–Kier alpha value is -2.57. The van der Waals surface area contributed by atoms with E-state index in [1.807, 2.05) is 0 Å². The fourth-order valence-corrected chi connectivity index (χ4v) is 1.39. The maximum atomic E-state index is 11.4. The molecule has 0 unspecified atom stereocenters. The predicted molar refractivity (Wildman–Crippen MR) is 66.5 cm³/mol. The molecule has 2 aromatic rings. The molecule has 2 heterocycles. The van der Waals surface area contributed by atoms with Gasteiger partial charge in [-0.1, -0.05) is 0 Å². The zero-order valence-corrected chi connectivity index (χ0v) is 10.0. The van der Waals surface area contributed by atoms with Crippen LogP contribution in [0, 0.1) is 0 Å². The number of nitrogens with one attached hydrogen (secondary N) is 1. The highest BCUT2D eigenvalue weighted by Gasteiger charge is 2.11. The van der Waals surface area contributed by atoms with E-state index in [0.717, 1.165) is 0 Å². The van der Waals surface area contributed by atoms with Gasteiger partial charge in [-0.05, 0) is 12.1 Å². The average molecular weight is 247 g/mol. The van der Waals surface area contributed by atoms with Crippen LogP contribution in [0.25, 0.3) is 0 Å². The van der Waals surface area contributed by atoms with Crippen LogP contribution in [-0.4, -0.2) is 27.8 Å². The number of esters is 1. The molecule has 0 aliphatic carbocycles. The number of nitrogens with zero attached hydrogens (tertiary/aromatic N) is 3. The van der Waals surface area contributed by atoms with Crippen molar-refractivity contribution in [2.24, 2.45) is 7.05 Å². The van der Waals surface area contributed by atoms with Gasteiger partial charge in [0.25, 0.3) is 0 Å². The van der Waals surface area contributed by atoms with Gasteiger partial charge in [0.2, 0.25) is 0 Å². The number of pyridine rings is 1. The van der Waals surface area contributed by atoms with Gasteiger partial charge in [0.05, 0.1) is 12.8 Å². The Morgan fingerprint density at radius 3 is 2.83 bits per heavy atom. The van der Waals surface area contributed by atoms with E-state index in [0.29, 0.717) is 17.3 Å². The van der Waals surface area contributed by atoms with Crippen LogP contribution < -0.4 is 11.1 Å². The van der Waals surface area contributed by atoms with Crippen molar-refractivity contribution in [3.8, 4) is 0 Å². The highest BCUT2D eigenvalue weighted by Crippen LogP contribution is 2.20. The summed E-state index contributed by atoms with van der Waals surface area (Å²) in [5.41, 5.74) is 6.38. The first-order valence-corrected chi connectivity index (χ1v) is 5.21. The molecular formula is C11H13N5O2. The van der Waals surface area contributed by atoms with Gasteiger partial charge in [-0.3, -0.25) is 4.68 Å². The summed E-state index contributed by atoms with van der Waals surface area (Å²) in [6.45, 7) is 0. The van der Waals surface area contributed by atoms with E-state index in [1.165, 1.54) is 13.2 Å². The van der Waals surface area contributed by atoms with Crippen molar-refractivity contribution in [1.29, 1.82) is 0 Å². The van der Waals surface area contributed by atoms with Crippen molar-refractivity contribution in [3.63, 3.8) is 0 Å². The fraction of sp³-hybridized carbons (Fsp3) is 0.182. The number of hydrogen-bond donors (Lipinski definition) is 2. The number of ether oxygens (including phenoxy) is 1. The Morgan fingerprint density at radius 2 is 2.22 bits per heavy atom. The highest BCUT2D eigenvalue weighted by atomic mass is 16.5. The van der Waals surface area contributed by atoms with E-state index in [2.05, 4.69) is 20.1 Å². The highest BCUT2D eigenvalue weighted by molar-refractivity contribution is 5.88. The van der Waals surface area contributed by atoms with Crippen LogP contribution in [0.15, 0.2) is 24.4 Å². The molecular weight excluding hydrogens is 234 g/mol. The third kappa shape index (κ3) is 2.40. The van der Waals surface area contributed by atoms with Crippen molar-refractivity contribution in [2.75, 3.05) is 18.2 Å². The molecule has 0 saturated carbocycles. The van der Waals surface area contributed by atoms with Gasteiger partial charge in [0.1, 0.15) is 0 Å². The molecule has 0 bridgehead atoms. The van der Waals surface area contributed by atoms with E-state index < -0.39 is 5.97 Å². The van der Waals surface area contributed by atoms with Gasteiger partial charge in [-0.25, -0.2) is 9.78 Å². The zero-order chi connectivity index (χ0) is 13.1. The second-order valence-electron chi connectivity index (χ2n) is 3.63. The summed E-state index contributed by atoms with van der Waals surface area (Å²) in [5, 5.41) is 7.07. The number of carbonyl (C=O) groups excluding carboxylic acids is 1. The molecule has 0 atom stereocenters. The van der Waals surface area contributed by atoms with E-state index in [9.17, 15) is 4.79 Å². The Kier molecular flexibility index (Phi) is 3.13. The molecule has 0 aliphatic rings. The normalized spacial score (nSPS) is 10.1. The van der Waals surface area contributed by atoms with Crippen molar-refractivity contribution >= 4 is 23.3 Å².